The maximum absolute atomic E-state index is 4.77. The summed E-state index contributed by atoms with van der Waals surface area (Å²) in [7, 11) is 4.15. The van der Waals surface area contributed by atoms with Gasteiger partial charge in [0.25, 0.3) is 0 Å². The standard InChI is InChI=1S/C20H22N8S/c1-13-12-16(22-19(21-13)28-10-8-26(2)9-11-28)29-20-23-18-17(24-25-20)14-6-4-5-7-15(14)27(18)3/h4-7,12H,8-11H2,1-3H3. The van der Waals surface area contributed by atoms with Gasteiger partial charge in [0.1, 0.15) is 10.5 Å². The van der Waals surface area contributed by atoms with Crippen LogP contribution in [0.4, 0.5) is 5.95 Å². The summed E-state index contributed by atoms with van der Waals surface area (Å²) in [6.07, 6.45) is 0. The molecule has 3 aromatic heterocycles. The van der Waals surface area contributed by atoms with Crippen LogP contribution < -0.4 is 4.90 Å². The average Bonchev–Trinajstić information content (AvgIpc) is 3.00. The number of piperazine rings is 1. The monoisotopic (exact) mass is 406 g/mol. The number of aryl methyl sites for hydroxylation is 2. The van der Waals surface area contributed by atoms with Crippen LogP contribution >= 0.6 is 11.8 Å². The van der Waals surface area contributed by atoms with Gasteiger partial charge in [-0.15, -0.1) is 10.2 Å². The third-order valence-corrected chi connectivity index (χ3v) is 6.06. The van der Waals surface area contributed by atoms with Crippen molar-refractivity contribution in [1.82, 2.24) is 34.6 Å². The van der Waals surface area contributed by atoms with E-state index in [-0.39, 0.29) is 0 Å². The maximum Gasteiger partial charge on any atom is 0.226 e. The normalized spacial score (nSPS) is 15.5. The Balaban J connectivity index is 1.47. The Kier molecular flexibility index (Phi) is 4.56. The molecule has 4 aromatic rings. The van der Waals surface area contributed by atoms with Crippen LogP contribution in [0.2, 0.25) is 0 Å². The van der Waals surface area contributed by atoms with E-state index in [4.69, 9.17) is 9.97 Å². The van der Waals surface area contributed by atoms with Crippen LogP contribution in [0, 0.1) is 6.92 Å². The SMILES string of the molecule is Cc1cc(Sc2nnc3c4ccccc4n(C)c3n2)nc(N2CCN(C)CC2)n1. The highest BCUT2D eigenvalue weighted by Gasteiger charge is 2.18. The van der Waals surface area contributed by atoms with Gasteiger partial charge in [0.05, 0.1) is 5.52 Å². The molecular weight excluding hydrogens is 384 g/mol. The number of benzene rings is 1. The predicted octanol–water partition coefficient (Wildman–Crippen LogP) is 2.52. The molecule has 8 nitrogen and oxygen atoms in total. The van der Waals surface area contributed by atoms with E-state index in [1.54, 1.807) is 0 Å². The lowest BCUT2D eigenvalue weighted by Gasteiger charge is -2.32. The highest BCUT2D eigenvalue weighted by Crippen LogP contribution is 2.29. The van der Waals surface area contributed by atoms with E-state index < -0.39 is 0 Å². The number of para-hydroxylation sites is 1. The summed E-state index contributed by atoms with van der Waals surface area (Å²) < 4.78 is 2.06. The number of likely N-dealkylation sites (N-methyl/N-ethyl adjacent to an activating group) is 1. The Morgan fingerprint density at radius 1 is 0.931 bits per heavy atom. The first-order chi connectivity index (χ1) is 14.1. The Hall–Kier alpha value is -2.78. The first kappa shape index (κ1) is 18.3. The summed E-state index contributed by atoms with van der Waals surface area (Å²) >= 11 is 1.43. The van der Waals surface area contributed by atoms with Gasteiger partial charge >= 0.3 is 0 Å². The van der Waals surface area contributed by atoms with E-state index in [0.717, 1.165) is 64.9 Å². The van der Waals surface area contributed by atoms with Crippen molar-refractivity contribution in [3.05, 3.63) is 36.0 Å². The third kappa shape index (κ3) is 3.40. The van der Waals surface area contributed by atoms with Gasteiger partial charge in [-0.2, -0.15) is 0 Å². The van der Waals surface area contributed by atoms with Crippen LogP contribution in [0.15, 0.2) is 40.5 Å². The quantitative estimate of drug-likeness (QED) is 0.481. The zero-order chi connectivity index (χ0) is 20.0. The van der Waals surface area contributed by atoms with Crippen LogP contribution in [0.1, 0.15) is 5.69 Å². The van der Waals surface area contributed by atoms with Crippen LogP contribution in [-0.4, -0.2) is 67.8 Å². The molecule has 0 radical (unpaired) electrons. The fourth-order valence-electron chi connectivity index (χ4n) is 3.65. The van der Waals surface area contributed by atoms with Crippen molar-refractivity contribution in [1.29, 1.82) is 0 Å². The second-order valence-electron chi connectivity index (χ2n) is 7.38. The van der Waals surface area contributed by atoms with Gasteiger partial charge in [0.2, 0.25) is 11.1 Å². The number of hydrogen-bond acceptors (Lipinski definition) is 8. The highest BCUT2D eigenvalue weighted by molar-refractivity contribution is 7.99. The molecule has 1 saturated heterocycles. The summed E-state index contributed by atoms with van der Waals surface area (Å²) in [4.78, 5) is 18.7. The van der Waals surface area contributed by atoms with E-state index >= 15 is 0 Å². The largest absolute Gasteiger partial charge is 0.338 e. The van der Waals surface area contributed by atoms with Crippen LogP contribution in [0.3, 0.4) is 0 Å². The Bertz CT molecular complexity index is 1200. The lowest BCUT2D eigenvalue weighted by molar-refractivity contribution is 0.311. The molecule has 5 rings (SSSR count). The van der Waals surface area contributed by atoms with Crippen LogP contribution in [-0.2, 0) is 7.05 Å². The second-order valence-corrected chi connectivity index (χ2v) is 8.37. The molecule has 9 heteroatoms. The van der Waals surface area contributed by atoms with E-state index in [0.29, 0.717) is 5.16 Å². The van der Waals surface area contributed by atoms with E-state index in [1.165, 1.54) is 11.8 Å². The van der Waals surface area contributed by atoms with Crippen molar-refractivity contribution in [3.63, 3.8) is 0 Å². The number of anilines is 1. The van der Waals surface area contributed by atoms with Gasteiger partial charge < -0.3 is 14.4 Å². The minimum Gasteiger partial charge on any atom is -0.338 e. The van der Waals surface area contributed by atoms with Crippen molar-refractivity contribution in [2.24, 2.45) is 7.05 Å². The Morgan fingerprint density at radius 3 is 2.55 bits per heavy atom. The fraction of sp³-hybridized carbons (Fsp3) is 0.350. The third-order valence-electron chi connectivity index (χ3n) is 5.29. The van der Waals surface area contributed by atoms with Gasteiger partial charge in [-0.3, -0.25) is 0 Å². The highest BCUT2D eigenvalue weighted by atomic mass is 32.2. The van der Waals surface area contributed by atoms with Crippen molar-refractivity contribution >= 4 is 39.8 Å². The zero-order valence-corrected chi connectivity index (χ0v) is 17.5. The number of nitrogens with zero attached hydrogens (tertiary/aromatic N) is 8. The summed E-state index contributed by atoms with van der Waals surface area (Å²) in [5.41, 5.74) is 3.69. The summed E-state index contributed by atoms with van der Waals surface area (Å²) in [6, 6.07) is 10.1. The Labute approximate surface area is 173 Å². The zero-order valence-electron chi connectivity index (χ0n) is 16.7. The molecule has 0 saturated carbocycles. The minimum absolute atomic E-state index is 0.589. The van der Waals surface area contributed by atoms with Crippen LogP contribution in [0.25, 0.3) is 22.1 Å². The number of aromatic nitrogens is 6. The first-order valence-electron chi connectivity index (χ1n) is 9.63. The van der Waals surface area contributed by atoms with Crippen molar-refractivity contribution in [2.75, 3.05) is 38.1 Å². The van der Waals surface area contributed by atoms with Gasteiger partial charge in [0.15, 0.2) is 5.65 Å². The van der Waals surface area contributed by atoms with Gasteiger partial charge in [-0.05, 0) is 37.9 Å². The predicted molar refractivity (Wildman–Crippen MR) is 114 cm³/mol. The van der Waals surface area contributed by atoms with Gasteiger partial charge in [-0.1, -0.05) is 18.2 Å². The summed E-state index contributed by atoms with van der Waals surface area (Å²) in [5, 5.41) is 11.3. The maximum atomic E-state index is 4.77. The molecule has 0 bridgehead atoms. The minimum atomic E-state index is 0.589. The van der Waals surface area contributed by atoms with Crippen molar-refractivity contribution < 1.29 is 0 Å². The summed E-state index contributed by atoms with van der Waals surface area (Å²) in [6.45, 7) is 5.90. The van der Waals surface area contributed by atoms with E-state index in [9.17, 15) is 0 Å². The molecule has 0 amide bonds. The fourth-order valence-corrected chi connectivity index (χ4v) is 4.41. The topological polar surface area (TPSA) is 75.9 Å². The van der Waals surface area contributed by atoms with Gasteiger partial charge in [-0.25, -0.2) is 15.0 Å². The molecule has 0 spiro atoms. The molecule has 1 fully saturated rings. The molecule has 4 heterocycles. The van der Waals surface area contributed by atoms with E-state index in [2.05, 4.69) is 48.7 Å². The number of rotatable bonds is 3. The molecule has 1 aromatic carbocycles. The van der Waals surface area contributed by atoms with E-state index in [1.807, 2.05) is 32.2 Å². The molecule has 1 aliphatic rings. The molecule has 0 atom stereocenters. The molecule has 1 aliphatic heterocycles. The van der Waals surface area contributed by atoms with Crippen molar-refractivity contribution in [3.8, 4) is 0 Å². The second kappa shape index (κ2) is 7.23. The number of hydrogen-bond donors (Lipinski definition) is 0. The summed E-state index contributed by atoms with van der Waals surface area (Å²) in [5.74, 6) is 0.777. The average molecular weight is 407 g/mol. The lowest BCUT2D eigenvalue weighted by atomic mass is 10.2. The molecule has 0 unspecified atom stereocenters. The Morgan fingerprint density at radius 2 is 1.72 bits per heavy atom. The van der Waals surface area contributed by atoms with Crippen molar-refractivity contribution in [2.45, 2.75) is 17.1 Å². The van der Waals surface area contributed by atoms with Gasteiger partial charge in [0, 0.05) is 44.3 Å². The molecule has 0 N–H and O–H groups in total. The molecule has 0 aliphatic carbocycles. The van der Waals surface area contributed by atoms with Crippen LogP contribution in [0.5, 0.6) is 0 Å². The lowest BCUT2D eigenvalue weighted by Crippen LogP contribution is -2.45. The smallest absolute Gasteiger partial charge is 0.226 e. The molecular formula is C20H22N8S. The first-order valence-corrected chi connectivity index (χ1v) is 10.4. The molecule has 148 valence electrons. The molecule has 29 heavy (non-hydrogen) atoms. The number of fused-ring (bicyclic) bond motifs is 3.